The normalized spacial score (nSPS) is 27.7. The second kappa shape index (κ2) is 7.31. The zero-order valence-electron chi connectivity index (χ0n) is 11.8. The molecule has 2 atom stereocenters. The Morgan fingerprint density at radius 2 is 1.75 bits per heavy atom. The maximum atomic E-state index is 11.5. The topological polar surface area (TPSA) is 64.6 Å². The molecule has 1 N–H and O–H groups in total. The van der Waals surface area contributed by atoms with Crippen molar-refractivity contribution < 1.29 is 19.1 Å². The molecule has 0 spiro atoms. The monoisotopic (exact) mass is 281 g/mol. The van der Waals surface area contributed by atoms with E-state index in [4.69, 9.17) is 9.47 Å². The fraction of sp³-hybridized carbons (Fsp3) is 0.733. The number of fused-ring (bicyclic) bond motifs is 2. The van der Waals surface area contributed by atoms with Crippen molar-refractivity contribution in [1.29, 1.82) is 0 Å². The van der Waals surface area contributed by atoms with Gasteiger partial charge in [0.2, 0.25) is 0 Å². The summed E-state index contributed by atoms with van der Waals surface area (Å²) in [5, 5.41) is 2.83. The first kappa shape index (κ1) is 14.9. The molecule has 2 aliphatic carbocycles. The van der Waals surface area contributed by atoms with Crippen LogP contribution in [0.25, 0.3) is 0 Å². The van der Waals surface area contributed by atoms with E-state index in [1.54, 1.807) is 0 Å². The number of rotatable bonds is 6. The Labute approximate surface area is 119 Å². The van der Waals surface area contributed by atoms with E-state index in [1.807, 2.05) is 0 Å². The lowest BCUT2D eigenvalue weighted by molar-refractivity contribution is -0.138. The highest BCUT2D eigenvalue weighted by Crippen LogP contribution is 2.46. The molecule has 2 unspecified atom stereocenters. The summed E-state index contributed by atoms with van der Waals surface area (Å²) in [6, 6.07) is 0. The summed E-state index contributed by atoms with van der Waals surface area (Å²) in [5.41, 5.74) is 0. The quantitative estimate of drug-likeness (QED) is 0.461. The second-order valence-corrected chi connectivity index (χ2v) is 5.58. The first-order chi connectivity index (χ1) is 9.70. The van der Waals surface area contributed by atoms with Crippen molar-refractivity contribution >= 4 is 12.1 Å². The van der Waals surface area contributed by atoms with Gasteiger partial charge in [0.25, 0.3) is 0 Å². The number of alkyl carbamates (subject to hydrolysis) is 1. The van der Waals surface area contributed by atoms with Gasteiger partial charge in [0.05, 0.1) is 0 Å². The van der Waals surface area contributed by atoms with Crippen LogP contribution in [0.15, 0.2) is 12.7 Å². The minimum Gasteiger partial charge on any atom is -0.459 e. The molecule has 20 heavy (non-hydrogen) atoms. The van der Waals surface area contributed by atoms with Crippen molar-refractivity contribution in [2.24, 2.45) is 17.8 Å². The molecular formula is C15H23NO4. The number of hydrogen-bond acceptors (Lipinski definition) is 4. The molecule has 0 aromatic heterocycles. The van der Waals surface area contributed by atoms with Crippen molar-refractivity contribution in [1.82, 2.24) is 5.32 Å². The smallest absolute Gasteiger partial charge is 0.407 e. The molecule has 2 aliphatic rings. The predicted octanol–water partition coefficient (Wildman–Crippen LogP) is 2.27. The van der Waals surface area contributed by atoms with Crippen LogP contribution < -0.4 is 5.32 Å². The van der Waals surface area contributed by atoms with Gasteiger partial charge >= 0.3 is 12.1 Å². The molecule has 5 heteroatoms. The second-order valence-electron chi connectivity index (χ2n) is 5.58. The van der Waals surface area contributed by atoms with E-state index in [2.05, 4.69) is 11.9 Å². The van der Waals surface area contributed by atoms with Gasteiger partial charge in [-0.15, -0.1) is 0 Å². The lowest BCUT2D eigenvalue weighted by atomic mass is 9.78. The molecule has 2 fully saturated rings. The standard InChI is InChI=1S/C15H23NO4/c1-2-14(17)19-8-9-20-15(18)16-10-13-11-4-3-5-12(13)7-6-11/h2,11-13H,1,3-10H2,(H,16,18). The number of ether oxygens (including phenoxy) is 2. The van der Waals surface area contributed by atoms with Gasteiger partial charge in [-0.1, -0.05) is 25.8 Å². The average molecular weight is 281 g/mol. The third kappa shape index (κ3) is 3.99. The van der Waals surface area contributed by atoms with Crippen molar-refractivity contribution in [3.05, 3.63) is 12.7 Å². The van der Waals surface area contributed by atoms with Gasteiger partial charge in [0, 0.05) is 12.6 Å². The minimum absolute atomic E-state index is 0.0625. The number of esters is 1. The summed E-state index contributed by atoms with van der Waals surface area (Å²) >= 11 is 0. The van der Waals surface area contributed by atoms with E-state index < -0.39 is 12.1 Å². The number of carbonyl (C=O) groups is 2. The molecule has 0 aliphatic heterocycles. The highest BCUT2D eigenvalue weighted by atomic mass is 16.6. The van der Waals surface area contributed by atoms with Gasteiger partial charge in [-0.25, -0.2) is 9.59 Å². The Morgan fingerprint density at radius 1 is 1.10 bits per heavy atom. The average Bonchev–Trinajstić information content (AvgIpc) is 2.68. The molecular weight excluding hydrogens is 258 g/mol. The largest absolute Gasteiger partial charge is 0.459 e. The summed E-state index contributed by atoms with van der Waals surface area (Å²) in [7, 11) is 0. The molecule has 5 nitrogen and oxygen atoms in total. The maximum Gasteiger partial charge on any atom is 0.407 e. The van der Waals surface area contributed by atoms with Crippen LogP contribution in [0.3, 0.4) is 0 Å². The van der Waals surface area contributed by atoms with Gasteiger partial charge in [0.15, 0.2) is 0 Å². The molecule has 2 rings (SSSR count). The number of amides is 1. The van der Waals surface area contributed by atoms with Crippen molar-refractivity contribution in [2.75, 3.05) is 19.8 Å². The Kier molecular flexibility index (Phi) is 5.44. The maximum absolute atomic E-state index is 11.5. The Morgan fingerprint density at radius 3 is 2.40 bits per heavy atom. The molecule has 2 saturated carbocycles. The van der Waals surface area contributed by atoms with Gasteiger partial charge in [-0.3, -0.25) is 0 Å². The highest BCUT2D eigenvalue weighted by molar-refractivity contribution is 5.81. The zero-order valence-corrected chi connectivity index (χ0v) is 11.8. The van der Waals surface area contributed by atoms with Crippen LogP contribution in [-0.2, 0) is 14.3 Å². The summed E-state index contributed by atoms with van der Waals surface area (Å²) < 4.78 is 9.68. The molecule has 0 saturated heterocycles. The Balaban J connectivity index is 1.58. The molecule has 0 aromatic carbocycles. The summed E-state index contributed by atoms with van der Waals surface area (Å²) in [5.74, 6) is 1.67. The SMILES string of the molecule is C=CC(=O)OCCOC(=O)NCC1C2CCCC1CC2. The summed E-state index contributed by atoms with van der Waals surface area (Å²) in [6.07, 6.45) is 7.21. The van der Waals surface area contributed by atoms with E-state index in [0.29, 0.717) is 12.5 Å². The zero-order chi connectivity index (χ0) is 14.4. The number of carbonyl (C=O) groups excluding carboxylic acids is 2. The van der Waals surface area contributed by atoms with E-state index >= 15 is 0 Å². The van der Waals surface area contributed by atoms with Crippen LogP contribution in [0.5, 0.6) is 0 Å². The predicted molar refractivity (Wildman–Crippen MR) is 74.1 cm³/mol. The molecule has 0 aromatic rings. The Hall–Kier alpha value is -1.52. The van der Waals surface area contributed by atoms with Gasteiger partial charge < -0.3 is 14.8 Å². The number of nitrogens with one attached hydrogen (secondary N) is 1. The molecule has 2 bridgehead atoms. The molecule has 0 heterocycles. The summed E-state index contributed by atoms with van der Waals surface area (Å²) in [4.78, 5) is 22.3. The lowest BCUT2D eigenvalue weighted by Gasteiger charge is -2.29. The van der Waals surface area contributed by atoms with Gasteiger partial charge in [0.1, 0.15) is 13.2 Å². The third-order valence-electron chi connectivity index (χ3n) is 4.48. The molecule has 0 radical (unpaired) electrons. The van der Waals surface area contributed by atoms with Crippen LogP contribution in [0.4, 0.5) is 4.79 Å². The van der Waals surface area contributed by atoms with Gasteiger partial charge in [-0.05, 0) is 30.6 Å². The van der Waals surface area contributed by atoms with Gasteiger partial charge in [-0.2, -0.15) is 0 Å². The Bertz CT molecular complexity index is 353. The fourth-order valence-corrected chi connectivity index (χ4v) is 3.52. The summed E-state index contributed by atoms with van der Waals surface area (Å²) in [6.45, 7) is 4.12. The van der Waals surface area contributed by atoms with E-state index in [1.165, 1.54) is 32.1 Å². The minimum atomic E-state index is -0.507. The van der Waals surface area contributed by atoms with Crippen molar-refractivity contribution in [2.45, 2.75) is 32.1 Å². The lowest BCUT2D eigenvalue weighted by Crippen LogP contribution is -2.35. The highest BCUT2D eigenvalue weighted by Gasteiger charge is 2.38. The van der Waals surface area contributed by atoms with Crippen LogP contribution >= 0.6 is 0 Å². The first-order valence-electron chi connectivity index (χ1n) is 7.40. The van der Waals surface area contributed by atoms with Crippen LogP contribution in [0.2, 0.25) is 0 Å². The van der Waals surface area contributed by atoms with E-state index in [0.717, 1.165) is 17.9 Å². The fourth-order valence-electron chi connectivity index (χ4n) is 3.52. The molecule has 1 amide bonds. The third-order valence-corrected chi connectivity index (χ3v) is 4.48. The first-order valence-corrected chi connectivity index (χ1v) is 7.40. The van der Waals surface area contributed by atoms with Crippen molar-refractivity contribution in [3.8, 4) is 0 Å². The van der Waals surface area contributed by atoms with Crippen LogP contribution in [0, 0.1) is 17.8 Å². The number of hydrogen-bond donors (Lipinski definition) is 1. The van der Waals surface area contributed by atoms with E-state index in [9.17, 15) is 9.59 Å². The van der Waals surface area contributed by atoms with Crippen LogP contribution in [0.1, 0.15) is 32.1 Å². The molecule has 112 valence electrons. The van der Waals surface area contributed by atoms with Crippen LogP contribution in [-0.4, -0.2) is 31.8 Å². The van der Waals surface area contributed by atoms with Crippen molar-refractivity contribution in [3.63, 3.8) is 0 Å². The van der Waals surface area contributed by atoms with E-state index in [-0.39, 0.29) is 13.2 Å².